The van der Waals surface area contributed by atoms with Crippen molar-refractivity contribution < 1.29 is 9.59 Å². The minimum absolute atomic E-state index is 0.0516. The van der Waals surface area contributed by atoms with Gasteiger partial charge in [0, 0.05) is 39.3 Å². The zero-order valence-electron chi connectivity index (χ0n) is 11.7. The first-order valence-electron chi connectivity index (χ1n) is 7.19. The molecule has 0 saturated carbocycles. The van der Waals surface area contributed by atoms with Gasteiger partial charge in [-0.1, -0.05) is 0 Å². The monoisotopic (exact) mass is 268 g/mol. The van der Waals surface area contributed by atoms with Crippen LogP contribution in [0.5, 0.6) is 0 Å². The molecule has 0 spiro atoms. The molecule has 0 aromatic rings. The molecule has 2 aliphatic heterocycles. The molecule has 2 amide bonds. The smallest absolute Gasteiger partial charge is 0.236 e. The first-order valence-corrected chi connectivity index (χ1v) is 7.19. The van der Waals surface area contributed by atoms with Crippen molar-refractivity contribution in [3.63, 3.8) is 0 Å². The van der Waals surface area contributed by atoms with Crippen LogP contribution in [0.1, 0.15) is 13.3 Å². The number of piperazine rings is 1. The summed E-state index contributed by atoms with van der Waals surface area (Å²) in [6.07, 6.45) is 0.862. The minimum Gasteiger partial charge on any atom is -0.356 e. The summed E-state index contributed by atoms with van der Waals surface area (Å²) in [4.78, 5) is 27.9. The summed E-state index contributed by atoms with van der Waals surface area (Å²) in [6.45, 7) is 7.98. The Morgan fingerprint density at radius 2 is 2.00 bits per heavy atom. The van der Waals surface area contributed by atoms with Crippen LogP contribution >= 0.6 is 0 Å². The second-order valence-electron chi connectivity index (χ2n) is 5.25. The van der Waals surface area contributed by atoms with E-state index in [1.807, 2.05) is 11.8 Å². The Morgan fingerprint density at radius 3 is 2.68 bits per heavy atom. The molecule has 0 aromatic heterocycles. The van der Waals surface area contributed by atoms with Gasteiger partial charge in [-0.3, -0.25) is 14.5 Å². The van der Waals surface area contributed by atoms with E-state index in [0.717, 1.165) is 39.1 Å². The van der Waals surface area contributed by atoms with Crippen molar-refractivity contribution in [1.29, 1.82) is 0 Å². The Labute approximate surface area is 114 Å². The van der Waals surface area contributed by atoms with Crippen LogP contribution in [-0.2, 0) is 9.59 Å². The topological polar surface area (TPSA) is 64.7 Å². The normalized spacial score (nSPS) is 24.5. The minimum atomic E-state index is 0.0516. The quantitative estimate of drug-likeness (QED) is 0.678. The molecular weight excluding hydrogens is 244 g/mol. The molecule has 0 aromatic carbocycles. The van der Waals surface area contributed by atoms with Crippen LogP contribution in [-0.4, -0.2) is 74.0 Å². The van der Waals surface area contributed by atoms with Crippen LogP contribution in [0, 0.1) is 5.92 Å². The molecule has 0 unspecified atom stereocenters. The van der Waals surface area contributed by atoms with Crippen molar-refractivity contribution >= 4 is 11.8 Å². The van der Waals surface area contributed by atoms with Crippen molar-refractivity contribution in [1.82, 2.24) is 20.4 Å². The predicted octanol–water partition coefficient (Wildman–Crippen LogP) is -1.12. The number of carbonyl (C=O) groups is 2. The van der Waals surface area contributed by atoms with Crippen molar-refractivity contribution in [3.8, 4) is 0 Å². The number of likely N-dealkylation sites (tertiary alicyclic amines) is 1. The fraction of sp³-hybridized carbons (Fsp3) is 0.846. The van der Waals surface area contributed by atoms with Gasteiger partial charge >= 0.3 is 0 Å². The Morgan fingerprint density at radius 1 is 1.26 bits per heavy atom. The Hall–Kier alpha value is -1.14. The predicted molar refractivity (Wildman–Crippen MR) is 72.7 cm³/mol. The largest absolute Gasteiger partial charge is 0.356 e. The Balaban J connectivity index is 1.75. The van der Waals surface area contributed by atoms with E-state index in [-0.39, 0.29) is 17.7 Å². The Kier molecular flexibility index (Phi) is 5.15. The van der Waals surface area contributed by atoms with E-state index < -0.39 is 0 Å². The summed E-state index contributed by atoms with van der Waals surface area (Å²) < 4.78 is 0. The van der Waals surface area contributed by atoms with Gasteiger partial charge in [0.05, 0.1) is 12.5 Å². The molecule has 19 heavy (non-hydrogen) atoms. The first kappa shape index (κ1) is 14.3. The highest BCUT2D eigenvalue weighted by Crippen LogP contribution is 2.16. The molecule has 0 bridgehead atoms. The third kappa shape index (κ3) is 3.91. The van der Waals surface area contributed by atoms with Gasteiger partial charge in [-0.2, -0.15) is 0 Å². The molecule has 2 fully saturated rings. The lowest BCUT2D eigenvalue weighted by molar-refractivity contribution is -0.133. The summed E-state index contributed by atoms with van der Waals surface area (Å²) >= 11 is 0. The highest BCUT2D eigenvalue weighted by Gasteiger charge is 2.30. The van der Waals surface area contributed by atoms with Crippen LogP contribution in [0.15, 0.2) is 0 Å². The third-order valence-electron chi connectivity index (χ3n) is 3.82. The van der Waals surface area contributed by atoms with E-state index in [0.29, 0.717) is 19.6 Å². The lowest BCUT2D eigenvalue weighted by Gasteiger charge is -2.29. The van der Waals surface area contributed by atoms with Crippen molar-refractivity contribution in [2.45, 2.75) is 13.3 Å². The average molecular weight is 268 g/mol. The summed E-state index contributed by atoms with van der Waals surface area (Å²) in [5.41, 5.74) is 0. The number of rotatable bonds is 4. The molecule has 2 heterocycles. The van der Waals surface area contributed by atoms with Gasteiger partial charge in [0.25, 0.3) is 0 Å². The maximum absolute atomic E-state index is 12.1. The van der Waals surface area contributed by atoms with Crippen molar-refractivity contribution in [3.05, 3.63) is 0 Å². The van der Waals surface area contributed by atoms with Gasteiger partial charge in [-0.15, -0.1) is 0 Å². The van der Waals surface area contributed by atoms with E-state index in [1.165, 1.54) is 0 Å². The molecule has 0 aliphatic carbocycles. The lowest BCUT2D eigenvalue weighted by Crippen LogP contribution is -2.49. The van der Waals surface area contributed by atoms with E-state index in [1.54, 1.807) is 0 Å². The van der Waals surface area contributed by atoms with E-state index in [2.05, 4.69) is 15.5 Å². The molecule has 1 atom stereocenters. The molecular formula is C13H24N4O2. The number of hydrogen-bond acceptors (Lipinski definition) is 4. The highest BCUT2D eigenvalue weighted by molar-refractivity contribution is 5.80. The fourth-order valence-corrected chi connectivity index (χ4v) is 2.71. The van der Waals surface area contributed by atoms with Crippen LogP contribution in [0.4, 0.5) is 0 Å². The summed E-state index contributed by atoms with van der Waals surface area (Å²) in [5, 5.41) is 6.09. The standard InChI is InChI=1S/C13H24N4O2/c1-2-15-13(19)11-3-6-16(9-11)10-12(18)17-7-4-14-5-8-17/h11,14H,2-10H2,1H3,(H,15,19)/t11-/m0/s1. The molecule has 6 heteroatoms. The van der Waals surface area contributed by atoms with Crippen LogP contribution in [0.25, 0.3) is 0 Å². The number of nitrogens with zero attached hydrogens (tertiary/aromatic N) is 2. The zero-order valence-corrected chi connectivity index (χ0v) is 11.7. The number of carbonyl (C=O) groups excluding carboxylic acids is 2. The van der Waals surface area contributed by atoms with Gasteiger partial charge in [-0.05, 0) is 19.9 Å². The maximum atomic E-state index is 12.1. The fourth-order valence-electron chi connectivity index (χ4n) is 2.71. The highest BCUT2D eigenvalue weighted by atomic mass is 16.2. The molecule has 6 nitrogen and oxygen atoms in total. The van der Waals surface area contributed by atoms with Gasteiger partial charge in [-0.25, -0.2) is 0 Å². The zero-order chi connectivity index (χ0) is 13.7. The van der Waals surface area contributed by atoms with Gasteiger partial charge in [0.2, 0.25) is 11.8 Å². The van der Waals surface area contributed by atoms with E-state index >= 15 is 0 Å². The van der Waals surface area contributed by atoms with E-state index in [4.69, 9.17) is 0 Å². The van der Waals surface area contributed by atoms with Crippen LogP contribution < -0.4 is 10.6 Å². The number of hydrogen-bond donors (Lipinski definition) is 2. The molecule has 108 valence electrons. The summed E-state index contributed by atoms with van der Waals surface area (Å²) in [7, 11) is 0. The Bertz CT molecular complexity index is 329. The summed E-state index contributed by atoms with van der Waals surface area (Å²) in [6, 6.07) is 0. The second-order valence-corrected chi connectivity index (χ2v) is 5.25. The molecule has 2 saturated heterocycles. The summed E-state index contributed by atoms with van der Waals surface area (Å²) in [5.74, 6) is 0.369. The molecule has 2 aliphatic rings. The molecule has 2 rings (SSSR count). The average Bonchev–Trinajstić information content (AvgIpc) is 2.88. The lowest BCUT2D eigenvalue weighted by atomic mass is 10.1. The first-order chi connectivity index (χ1) is 9.20. The van der Waals surface area contributed by atoms with Gasteiger partial charge in [0.15, 0.2) is 0 Å². The van der Waals surface area contributed by atoms with Crippen molar-refractivity contribution in [2.75, 3.05) is 52.4 Å². The van der Waals surface area contributed by atoms with Crippen LogP contribution in [0.2, 0.25) is 0 Å². The van der Waals surface area contributed by atoms with Crippen LogP contribution in [0.3, 0.4) is 0 Å². The molecule has 2 N–H and O–H groups in total. The van der Waals surface area contributed by atoms with Crippen molar-refractivity contribution in [2.24, 2.45) is 5.92 Å². The van der Waals surface area contributed by atoms with Gasteiger partial charge in [0.1, 0.15) is 0 Å². The number of nitrogens with one attached hydrogen (secondary N) is 2. The second kappa shape index (κ2) is 6.86. The van der Waals surface area contributed by atoms with E-state index in [9.17, 15) is 9.59 Å². The maximum Gasteiger partial charge on any atom is 0.236 e. The van der Waals surface area contributed by atoms with Gasteiger partial charge < -0.3 is 15.5 Å². The third-order valence-corrected chi connectivity index (χ3v) is 3.82. The SMILES string of the molecule is CCNC(=O)[C@H]1CCN(CC(=O)N2CCNCC2)C1. The molecule has 0 radical (unpaired) electrons. The number of amides is 2.